The van der Waals surface area contributed by atoms with Crippen LogP contribution in [0.5, 0.6) is 0 Å². The third kappa shape index (κ3) is 5.54. The van der Waals surface area contributed by atoms with Crippen molar-refractivity contribution in [2.45, 2.75) is 33.1 Å². The summed E-state index contributed by atoms with van der Waals surface area (Å²) in [5.74, 6) is 1.16. The Bertz CT molecular complexity index is 396. The molecule has 0 aromatic carbocycles. The van der Waals surface area contributed by atoms with Crippen LogP contribution in [0.3, 0.4) is 0 Å². The molecule has 1 amide bonds. The Kier molecular flexibility index (Phi) is 6.63. The van der Waals surface area contributed by atoms with Crippen molar-refractivity contribution in [1.29, 1.82) is 0 Å². The number of anilines is 2. The topological polar surface area (TPSA) is 84.1 Å². The molecule has 0 atom stereocenters. The minimum Gasteiger partial charge on any atom is -0.370 e. The maximum Gasteiger partial charge on any atom is 0.236 e. The number of nitrogens with two attached hydrogens (primary N) is 1. The number of nitrogens with zero attached hydrogens (tertiary/aromatic N) is 3. The molecule has 0 fully saturated rings. The number of carbonyl (C=O) groups is 1. The molecule has 0 radical (unpaired) electrons. The highest BCUT2D eigenvalue weighted by Crippen LogP contribution is 2.14. The number of primary amides is 1. The van der Waals surface area contributed by atoms with E-state index in [0.29, 0.717) is 0 Å². The molecule has 0 saturated heterocycles. The number of hydrogen-bond donors (Lipinski definition) is 2. The van der Waals surface area contributed by atoms with Crippen LogP contribution in [0.25, 0.3) is 0 Å². The number of hydrogen-bond acceptors (Lipinski definition) is 5. The van der Waals surface area contributed by atoms with E-state index < -0.39 is 0 Å². The first kappa shape index (κ1) is 15.2. The number of carbonyl (C=O) groups excluding carboxylic acids is 1. The lowest BCUT2D eigenvalue weighted by Gasteiger charge is -2.22. The summed E-state index contributed by atoms with van der Waals surface area (Å²) < 4.78 is 0. The molecule has 0 spiro atoms. The molecule has 0 aliphatic heterocycles. The third-order valence-electron chi connectivity index (χ3n) is 2.66. The lowest BCUT2D eigenvalue weighted by molar-refractivity contribution is -0.116. The number of nitrogens with one attached hydrogen (secondary N) is 1. The van der Waals surface area contributed by atoms with Crippen LogP contribution in [0.1, 0.15) is 33.1 Å². The van der Waals surface area contributed by atoms with Crippen molar-refractivity contribution in [3.05, 3.63) is 12.4 Å². The van der Waals surface area contributed by atoms with Crippen molar-refractivity contribution in [1.82, 2.24) is 9.97 Å². The third-order valence-corrected chi connectivity index (χ3v) is 2.66. The molecular formula is C13H23N5O. The molecule has 0 saturated carbocycles. The minimum absolute atomic E-state index is 0.185. The van der Waals surface area contributed by atoms with Crippen LogP contribution in [-0.2, 0) is 4.79 Å². The van der Waals surface area contributed by atoms with Gasteiger partial charge in [-0.1, -0.05) is 20.3 Å². The van der Waals surface area contributed by atoms with Crippen LogP contribution in [0.15, 0.2) is 12.4 Å². The summed E-state index contributed by atoms with van der Waals surface area (Å²) in [7, 11) is 0. The molecular weight excluding hydrogens is 242 g/mol. The van der Waals surface area contributed by atoms with Crippen molar-refractivity contribution in [2.75, 3.05) is 29.9 Å². The van der Waals surface area contributed by atoms with Gasteiger partial charge in [0.25, 0.3) is 0 Å². The average Bonchev–Trinajstić information content (AvgIpc) is 2.41. The Morgan fingerprint density at radius 1 is 1.37 bits per heavy atom. The predicted molar refractivity (Wildman–Crippen MR) is 77.1 cm³/mol. The quantitative estimate of drug-likeness (QED) is 0.705. The zero-order chi connectivity index (χ0) is 14.1. The van der Waals surface area contributed by atoms with Crippen molar-refractivity contribution < 1.29 is 4.79 Å². The highest BCUT2D eigenvalue weighted by molar-refractivity contribution is 5.79. The normalized spacial score (nSPS) is 10.2. The number of aromatic nitrogens is 2. The first-order valence-electron chi connectivity index (χ1n) is 6.76. The van der Waals surface area contributed by atoms with Gasteiger partial charge < -0.3 is 16.0 Å². The van der Waals surface area contributed by atoms with Gasteiger partial charge in [-0.15, -0.1) is 0 Å². The van der Waals surface area contributed by atoms with Crippen LogP contribution in [0.4, 0.5) is 11.6 Å². The summed E-state index contributed by atoms with van der Waals surface area (Å²) in [5, 5.41) is 3.21. The fourth-order valence-electron chi connectivity index (χ4n) is 1.68. The van der Waals surface area contributed by atoms with Crippen molar-refractivity contribution in [2.24, 2.45) is 5.73 Å². The van der Waals surface area contributed by atoms with Crippen LogP contribution in [0.2, 0.25) is 0 Å². The second-order valence-electron chi connectivity index (χ2n) is 4.43. The fraction of sp³-hybridized carbons (Fsp3) is 0.615. The van der Waals surface area contributed by atoms with E-state index in [1.165, 1.54) is 6.33 Å². The van der Waals surface area contributed by atoms with E-state index in [9.17, 15) is 4.79 Å². The zero-order valence-corrected chi connectivity index (χ0v) is 11.7. The van der Waals surface area contributed by atoms with Crippen LogP contribution >= 0.6 is 0 Å². The fourth-order valence-corrected chi connectivity index (χ4v) is 1.68. The van der Waals surface area contributed by atoms with Crippen LogP contribution < -0.4 is 16.0 Å². The SMILES string of the molecule is CCCCN(CC(N)=O)c1cc(NCCC)ncn1. The monoisotopic (exact) mass is 265 g/mol. The summed E-state index contributed by atoms with van der Waals surface area (Å²) in [5.41, 5.74) is 5.28. The van der Waals surface area contributed by atoms with Gasteiger partial charge in [0.2, 0.25) is 5.91 Å². The predicted octanol–water partition coefficient (Wildman–Crippen LogP) is 1.39. The molecule has 3 N–H and O–H groups in total. The summed E-state index contributed by atoms with van der Waals surface area (Å²) in [6, 6.07) is 1.86. The maximum absolute atomic E-state index is 11.1. The molecule has 19 heavy (non-hydrogen) atoms. The van der Waals surface area contributed by atoms with Gasteiger partial charge in [-0.2, -0.15) is 0 Å². The lowest BCUT2D eigenvalue weighted by Crippen LogP contribution is -2.35. The van der Waals surface area contributed by atoms with Crippen molar-refractivity contribution in [3.63, 3.8) is 0 Å². The van der Waals surface area contributed by atoms with Gasteiger partial charge in [0.05, 0.1) is 6.54 Å². The molecule has 1 aromatic rings. The van der Waals surface area contributed by atoms with Crippen LogP contribution in [0, 0.1) is 0 Å². The minimum atomic E-state index is -0.349. The smallest absolute Gasteiger partial charge is 0.236 e. The Labute approximate surface area is 114 Å². The molecule has 0 aliphatic carbocycles. The van der Waals surface area contributed by atoms with Gasteiger partial charge in [-0.25, -0.2) is 9.97 Å². The van der Waals surface area contributed by atoms with Gasteiger partial charge in [-0.05, 0) is 12.8 Å². The van der Waals surface area contributed by atoms with Crippen molar-refractivity contribution in [3.8, 4) is 0 Å². The van der Waals surface area contributed by atoms with E-state index in [1.54, 1.807) is 0 Å². The molecule has 0 bridgehead atoms. The first-order valence-corrected chi connectivity index (χ1v) is 6.76. The first-order chi connectivity index (χ1) is 9.17. The Hall–Kier alpha value is -1.85. The van der Waals surface area contributed by atoms with Gasteiger partial charge >= 0.3 is 0 Å². The lowest BCUT2D eigenvalue weighted by atomic mass is 10.3. The Morgan fingerprint density at radius 3 is 2.79 bits per heavy atom. The largest absolute Gasteiger partial charge is 0.370 e. The number of unbranched alkanes of at least 4 members (excludes halogenated alkanes) is 1. The van der Waals surface area contributed by atoms with Gasteiger partial charge in [-0.3, -0.25) is 4.79 Å². The Morgan fingerprint density at radius 2 is 2.16 bits per heavy atom. The highest BCUT2D eigenvalue weighted by Gasteiger charge is 2.11. The van der Waals surface area contributed by atoms with E-state index in [1.807, 2.05) is 11.0 Å². The molecule has 1 rings (SSSR count). The highest BCUT2D eigenvalue weighted by atomic mass is 16.1. The molecule has 1 aromatic heterocycles. The molecule has 1 heterocycles. The molecule has 0 unspecified atom stereocenters. The van der Waals surface area contributed by atoms with E-state index in [-0.39, 0.29) is 12.5 Å². The van der Waals surface area contributed by atoms with Crippen LogP contribution in [-0.4, -0.2) is 35.5 Å². The Balaban J connectivity index is 2.78. The van der Waals surface area contributed by atoms with Crippen molar-refractivity contribution >= 4 is 17.5 Å². The summed E-state index contributed by atoms with van der Waals surface area (Å²) in [4.78, 5) is 21.4. The second kappa shape index (κ2) is 8.29. The van der Waals surface area contributed by atoms with Gasteiger partial charge in [0.1, 0.15) is 18.0 Å². The molecule has 6 nitrogen and oxygen atoms in total. The van der Waals surface area contributed by atoms with Gasteiger partial charge in [0, 0.05) is 19.2 Å². The summed E-state index contributed by atoms with van der Waals surface area (Å²) in [6.07, 6.45) is 4.59. The summed E-state index contributed by atoms with van der Waals surface area (Å²) >= 11 is 0. The second-order valence-corrected chi connectivity index (χ2v) is 4.43. The zero-order valence-electron chi connectivity index (χ0n) is 11.7. The van der Waals surface area contributed by atoms with Gasteiger partial charge in [0.15, 0.2) is 0 Å². The number of rotatable bonds is 9. The van der Waals surface area contributed by atoms with E-state index in [2.05, 4.69) is 29.1 Å². The average molecular weight is 265 g/mol. The standard InChI is InChI=1S/C13H23N5O/c1-3-5-7-18(9-11(14)19)13-8-12(15-6-4-2)16-10-17-13/h8,10H,3-7,9H2,1-2H3,(H2,14,19)(H,15,16,17). The number of amides is 1. The van der Waals surface area contributed by atoms with E-state index in [0.717, 1.165) is 44.0 Å². The molecule has 0 aliphatic rings. The summed E-state index contributed by atoms with van der Waals surface area (Å²) in [6.45, 7) is 6.02. The van der Waals surface area contributed by atoms with E-state index >= 15 is 0 Å². The maximum atomic E-state index is 11.1. The molecule has 106 valence electrons. The van der Waals surface area contributed by atoms with E-state index in [4.69, 9.17) is 5.73 Å². The molecule has 6 heteroatoms.